The van der Waals surface area contributed by atoms with Gasteiger partial charge >= 0.3 is 0 Å². The van der Waals surface area contributed by atoms with E-state index in [0.717, 1.165) is 31.9 Å². The summed E-state index contributed by atoms with van der Waals surface area (Å²) in [6.45, 7) is 2.78. The lowest BCUT2D eigenvalue weighted by Gasteiger charge is -2.20. The molecule has 5 nitrogen and oxygen atoms in total. The molecule has 1 aromatic rings. The number of ether oxygens (including phenoxy) is 1. The molecular weight excluding hydrogens is 252 g/mol. The molecule has 1 aromatic heterocycles. The van der Waals surface area contributed by atoms with Crippen LogP contribution in [-0.2, 0) is 0 Å². The molecule has 0 bridgehead atoms. The first-order chi connectivity index (χ1) is 9.56. The van der Waals surface area contributed by atoms with Crippen LogP contribution in [0, 0.1) is 5.92 Å². The molecule has 1 saturated carbocycles. The van der Waals surface area contributed by atoms with Crippen LogP contribution in [0.4, 0.5) is 11.5 Å². The van der Waals surface area contributed by atoms with Crippen molar-refractivity contribution in [2.75, 3.05) is 51.5 Å². The average Bonchev–Trinajstić information content (AvgIpc) is 3.21. The van der Waals surface area contributed by atoms with Gasteiger partial charge in [-0.25, -0.2) is 0 Å². The Balaban J connectivity index is 1.90. The molecule has 0 amide bonds. The summed E-state index contributed by atoms with van der Waals surface area (Å²) in [6, 6.07) is 3.84. The van der Waals surface area contributed by atoms with Crippen LogP contribution in [0.3, 0.4) is 0 Å². The molecule has 2 rings (SSSR count). The Bertz CT molecular complexity index is 432. The lowest BCUT2D eigenvalue weighted by molar-refractivity contribution is 0.290. The van der Waals surface area contributed by atoms with E-state index >= 15 is 0 Å². The second-order valence-electron chi connectivity index (χ2n) is 5.90. The van der Waals surface area contributed by atoms with E-state index < -0.39 is 0 Å². The molecule has 0 saturated heterocycles. The van der Waals surface area contributed by atoms with Crippen LogP contribution in [0.2, 0.25) is 0 Å². The number of rotatable bonds is 8. The monoisotopic (exact) mass is 278 g/mol. The van der Waals surface area contributed by atoms with Crippen LogP contribution >= 0.6 is 0 Å². The minimum Gasteiger partial charge on any atom is -0.476 e. The van der Waals surface area contributed by atoms with Crippen LogP contribution in [0.15, 0.2) is 12.1 Å². The standard InChI is InChI=1S/C15H26N4O/c1-18(2)9-4-10-19(3)14-8-7-13(16)15(17-14)20-11-12-5-6-12/h7-8,12H,4-6,9-11,16H2,1-3H3. The van der Waals surface area contributed by atoms with Gasteiger partial charge in [0.25, 0.3) is 0 Å². The van der Waals surface area contributed by atoms with Crippen molar-refractivity contribution in [3.63, 3.8) is 0 Å². The summed E-state index contributed by atoms with van der Waals surface area (Å²) in [5.74, 6) is 2.20. The van der Waals surface area contributed by atoms with E-state index in [1.165, 1.54) is 12.8 Å². The second-order valence-corrected chi connectivity index (χ2v) is 5.90. The van der Waals surface area contributed by atoms with E-state index in [1.54, 1.807) is 0 Å². The van der Waals surface area contributed by atoms with Gasteiger partial charge in [0.05, 0.1) is 12.3 Å². The summed E-state index contributed by atoms with van der Waals surface area (Å²) in [5, 5.41) is 0. The molecule has 1 heterocycles. The molecule has 1 fully saturated rings. The number of nitrogens with two attached hydrogens (primary N) is 1. The molecule has 0 aromatic carbocycles. The maximum Gasteiger partial charge on any atom is 0.239 e. The summed E-state index contributed by atoms with van der Waals surface area (Å²) in [6.07, 6.45) is 3.64. The molecule has 0 spiro atoms. The van der Waals surface area contributed by atoms with Crippen LogP contribution in [-0.4, -0.2) is 50.7 Å². The highest BCUT2D eigenvalue weighted by Crippen LogP contribution is 2.31. The van der Waals surface area contributed by atoms with Gasteiger partial charge in [0, 0.05) is 13.6 Å². The number of nitrogen functional groups attached to an aromatic ring is 1. The largest absolute Gasteiger partial charge is 0.476 e. The Kier molecular flexibility index (Phi) is 5.06. The van der Waals surface area contributed by atoms with Gasteiger partial charge in [-0.05, 0) is 58.0 Å². The first-order valence-corrected chi connectivity index (χ1v) is 7.31. The predicted octanol–water partition coefficient (Wildman–Crippen LogP) is 1.84. The van der Waals surface area contributed by atoms with Crippen LogP contribution in [0.25, 0.3) is 0 Å². The van der Waals surface area contributed by atoms with Gasteiger partial charge in [0.2, 0.25) is 5.88 Å². The van der Waals surface area contributed by atoms with Crippen molar-refractivity contribution in [3.05, 3.63) is 12.1 Å². The third kappa shape index (κ3) is 4.56. The zero-order valence-corrected chi connectivity index (χ0v) is 12.8. The molecular formula is C15H26N4O. The minimum absolute atomic E-state index is 0.578. The zero-order chi connectivity index (χ0) is 14.5. The van der Waals surface area contributed by atoms with Crippen molar-refractivity contribution in [2.24, 2.45) is 5.92 Å². The van der Waals surface area contributed by atoms with E-state index in [4.69, 9.17) is 10.5 Å². The Morgan fingerprint density at radius 1 is 1.25 bits per heavy atom. The summed E-state index contributed by atoms with van der Waals surface area (Å²) in [7, 11) is 6.23. The molecule has 5 heteroatoms. The number of pyridine rings is 1. The van der Waals surface area contributed by atoms with Crippen molar-refractivity contribution in [1.82, 2.24) is 9.88 Å². The fourth-order valence-corrected chi connectivity index (χ4v) is 1.99. The van der Waals surface area contributed by atoms with Crippen LogP contribution in [0.5, 0.6) is 5.88 Å². The third-order valence-corrected chi connectivity index (χ3v) is 3.52. The van der Waals surface area contributed by atoms with E-state index in [0.29, 0.717) is 17.5 Å². The van der Waals surface area contributed by atoms with Gasteiger partial charge in [-0.15, -0.1) is 0 Å². The summed E-state index contributed by atoms with van der Waals surface area (Å²) in [5.41, 5.74) is 6.54. The molecule has 0 aliphatic heterocycles. The Hall–Kier alpha value is -1.49. The molecule has 2 N–H and O–H groups in total. The smallest absolute Gasteiger partial charge is 0.239 e. The maximum atomic E-state index is 5.92. The quantitative estimate of drug-likeness (QED) is 0.786. The number of hydrogen-bond acceptors (Lipinski definition) is 5. The molecule has 0 unspecified atom stereocenters. The minimum atomic E-state index is 0.578. The Morgan fingerprint density at radius 2 is 2.00 bits per heavy atom. The molecule has 20 heavy (non-hydrogen) atoms. The van der Waals surface area contributed by atoms with Gasteiger partial charge in [-0.1, -0.05) is 0 Å². The maximum absolute atomic E-state index is 5.92. The summed E-state index contributed by atoms with van der Waals surface area (Å²) >= 11 is 0. The summed E-state index contributed by atoms with van der Waals surface area (Å²) in [4.78, 5) is 8.87. The van der Waals surface area contributed by atoms with Crippen molar-refractivity contribution in [3.8, 4) is 5.88 Å². The third-order valence-electron chi connectivity index (χ3n) is 3.52. The highest BCUT2D eigenvalue weighted by molar-refractivity contribution is 5.54. The van der Waals surface area contributed by atoms with Crippen molar-refractivity contribution in [2.45, 2.75) is 19.3 Å². The number of anilines is 2. The van der Waals surface area contributed by atoms with Gasteiger partial charge in [-0.2, -0.15) is 4.98 Å². The Labute approximate surface area is 121 Å². The van der Waals surface area contributed by atoms with E-state index in [1.807, 2.05) is 12.1 Å². The van der Waals surface area contributed by atoms with Gasteiger partial charge < -0.3 is 20.3 Å². The molecule has 0 radical (unpaired) electrons. The van der Waals surface area contributed by atoms with Crippen molar-refractivity contribution >= 4 is 11.5 Å². The molecule has 112 valence electrons. The SMILES string of the molecule is CN(C)CCCN(C)c1ccc(N)c(OCC2CC2)n1. The topological polar surface area (TPSA) is 54.6 Å². The highest BCUT2D eigenvalue weighted by Gasteiger charge is 2.22. The van der Waals surface area contributed by atoms with Gasteiger partial charge in [0.1, 0.15) is 5.82 Å². The normalized spacial score (nSPS) is 14.6. The average molecular weight is 278 g/mol. The zero-order valence-electron chi connectivity index (χ0n) is 12.8. The van der Waals surface area contributed by atoms with Crippen molar-refractivity contribution < 1.29 is 4.74 Å². The van der Waals surface area contributed by atoms with Crippen LogP contribution in [0.1, 0.15) is 19.3 Å². The van der Waals surface area contributed by atoms with Gasteiger partial charge in [-0.3, -0.25) is 0 Å². The fourth-order valence-electron chi connectivity index (χ4n) is 1.99. The molecule has 1 aliphatic carbocycles. The first-order valence-electron chi connectivity index (χ1n) is 7.31. The Morgan fingerprint density at radius 3 is 2.65 bits per heavy atom. The van der Waals surface area contributed by atoms with Crippen LogP contribution < -0.4 is 15.4 Å². The first kappa shape index (κ1) is 14.9. The van der Waals surface area contributed by atoms with Gasteiger partial charge in [0.15, 0.2) is 0 Å². The summed E-state index contributed by atoms with van der Waals surface area (Å²) < 4.78 is 5.72. The lowest BCUT2D eigenvalue weighted by atomic mass is 10.3. The number of hydrogen-bond donors (Lipinski definition) is 1. The molecule has 1 aliphatic rings. The lowest BCUT2D eigenvalue weighted by Crippen LogP contribution is -2.24. The fraction of sp³-hybridized carbons (Fsp3) is 0.667. The number of aromatic nitrogens is 1. The predicted molar refractivity (Wildman–Crippen MR) is 83.3 cm³/mol. The highest BCUT2D eigenvalue weighted by atomic mass is 16.5. The second kappa shape index (κ2) is 6.79. The molecule has 0 atom stereocenters. The van der Waals surface area contributed by atoms with E-state index in [9.17, 15) is 0 Å². The van der Waals surface area contributed by atoms with Crippen molar-refractivity contribution in [1.29, 1.82) is 0 Å². The number of nitrogens with zero attached hydrogens (tertiary/aromatic N) is 3. The van der Waals surface area contributed by atoms with E-state index in [-0.39, 0.29) is 0 Å². The van der Waals surface area contributed by atoms with E-state index in [2.05, 4.69) is 35.9 Å².